The summed E-state index contributed by atoms with van der Waals surface area (Å²) in [6, 6.07) is 0. The molecular formula is C6H10O5. The van der Waals surface area contributed by atoms with Gasteiger partial charge in [0, 0.05) is 0 Å². The van der Waals surface area contributed by atoms with Crippen molar-refractivity contribution >= 4 is 0 Å². The van der Waals surface area contributed by atoms with Crippen molar-refractivity contribution in [1.82, 2.24) is 0 Å². The molecular weight excluding hydrogens is 152 g/mol. The Hall–Kier alpha value is -0.780. The van der Waals surface area contributed by atoms with Crippen LogP contribution >= 0.6 is 0 Å². The Balaban J connectivity index is 2.68. The van der Waals surface area contributed by atoms with E-state index in [1.807, 2.05) is 0 Å². The van der Waals surface area contributed by atoms with Crippen LogP contribution < -0.4 is 0 Å². The molecule has 11 heavy (non-hydrogen) atoms. The van der Waals surface area contributed by atoms with E-state index >= 15 is 0 Å². The van der Waals surface area contributed by atoms with Gasteiger partial charge in [0.25, 0.3) is 0 Å². The van der Waals surface area contributed by atoms with Crippen molar-refractivity contribution in [2.75, 3.05) is 6.61 Å². The zero-order valence-corrected chi connectivity index (χ0v) is 5.71. The van der Waals surface area contributed by atoms with Crippen LogP contribution in [0, 0.1) is 0 Å². The second-order valence-electron chi connectivity index (χ2n) is 2.34. The maximum absolute atomic E-state index is 9.07. The van der Waals surface area contributed by atoms with Crippen LogP contribution in [0.1, 0.15) is 0 Å². The molecule has 2 unspecified atom stereocenters. The van der Waals surface area contributed by atoms with Crippen LogP contribution in [0.2, 0.25) is 0 Å². The van der Waals surface area contributed by atoms with Crippen LogP contribution in [0.4, 0.5) is 0 Å². The average Bonchev–Trinajstić information content (AvgIpc) is 2.01. The van der Waals surface area contributed by atoms with E-state index in [1.165, 1.54) is 0 Å². The third kappa shape index (κ3) is 1.45. The van der Waals surface area contributed by atoms with Gasteiger partial charge in [-0.05, 0) is 0 Å². The second kappa shape index (κ2) is 3.08. The van der Waals surface area contributed by atoms with Gasteiger partial charge in [-0.2, -0.15) is 0 Å². The van der Waals surface area contributed by atoms with Crippen LogP contribution in [0.3, 0.4) is 0 Å². The lowest BCUT2D eigenvalue weighted by Crippen LogP contribution is -2.44. The SMILES string of the molecule is OCC1OC=C(O)C(O)[C@@H]1O. The summed E-state index contributed by atoms with van der Waals surface area (Å²) in [4.78, 5) is 0. The van der Waals surface area contributed by atoms with E-state index in [2.05, 4.69) is 4.74 Å². The van der Waals surface area contributed by atoms with Gasteiger partial charge in [-0.15, -0.1) is 0 Å². The first-order chi connectivity index (χ1) is 5.16. The summed E-state index contributed by atoms with van der Waals surface area (Å²) in [5.41, 5.74) is 0. The molecule has 0 bridgehead atoms. The Kier molecular flexibility index (Phi) is 2.33. The molecule has 0 radical (unpaired) electrons. The van der Waals surface area contributed by atoms with Crippen molar-refractivity contribution in [2.24, 2.45) is 0 Å². The molecule has 0 aromatic carbocycles. The maximum Gasteiger partial charge on any atom is 0.158 e. The molecule has 1 rings (SSSR count). The predicted molar refractivity (Wildman–Crippen MR) is 34.7 cm³/mol. The van der Waals surface area contributed by atoms with Gasteiger partial charge in [-0.25, -0.2) is 0 Å². The van der Waals surface area contributed by atoms with E-state index in [0.29, 0.717) is 0 Å². The van der Waals surface area contributed by atoms with Gasteiger partial charge >= 0.3 is 0 Å². The fourth-order valence-corrected chi connectivity index (χ4v) is 0.837. The smallest absolute Gasteiger partial charge is 0.158 e. The first-order valence-electron chi connectivity index (χ1n) is 3.18. The molecule has 1 heterocycles. The summed E-state index contributed by atoms with van der Waals surface area (Å²) in [5.74, 6) is -0.429. The Labute approximate surface area is 63.2 Å². The Morgan fingerprint density at radius 3 is 2.64 bits per heavy atom. The van der Waals surface area contributed by atoms with Crippen LogP contribution in [-0.4, -0.2) is 45.3 Å². The largest absolute Gasteiger partial charge is 0.506 e. The van der Waals surface area contributed by atoms with E-state index in [4.69, 9.17) is 20.4 Å². The molecule has 4 N–H and O–H groups in total. The van der Waals surface area contributed by atoms with Gasteiger partial charge in [0.2, 0.25) is 0 Å². The highest BCUT2D eigenvalue weighted by Gasteiger charge is 2.33. The van der Waals surface area contributed by atoms with E-state index in [-0.39, 0.29) is 0 Å². The molecule has 64 valence electrons. The Morgan fingerprint density at radius 2 is 2.09 bits per heavy atom. The number of aliphatic hydroxyl groups excluding tert-OH is 4. The maximum atomic E-state index is 9.07. The fourth-order valence-electron chi connectivity index (χ4n) is 0.837. The molecule has 1 aliphatic heterocycles. The van der Waals surface area contributed by atoms with Gasteiger partial charge < -0.3 is 25.2 Å². The molecule has 0 aromatic rings. The minimum atomic E-state index is -1.36. The summed E-state index contributed by atoms with van der Waals surface area (Å²) < 4.78 is 4.65. The predicted octanol–water partition coefficient (Wildman–Crippen LogP) is -1.50. The number of hydrogen-bond donors (Lipinski definition) is 4. The summed E-state index contributed by atoms with van der Waals surface area (Å²) in [7, 11) is 0. The summed E-state index contributed by atoms with van der Waals surface area (Å²) in [6.07, 6.45) is -2.58. The lowest BCUT2D eigenvalue weighted by atomic mass is 10.1. The summed E-state index contributed by atoms with van der Waals surface area (Å²) in [5, 5.41) is 35.4. The van der Waals surface area contributed by atoms with E-state index in [1.54, 1.807) is 0 Å². The molecule has 5 heteroatoms. The lowest BCUT2D eigenvalue weighted by molar-refractivity contribution is -0.101. The summed E-state index contributed by atoms with van der Waals surface area (Å²) in [6.45, 7) is -0.401. The molecule has 0 aliphatic carbocycles. The van der Waals surface area contributed by atoms with Crippen molar-refractivity contribution in [3.05, 3.63) is 12.0 Å². The van der Waals surface area contributed by atoms with Crippen molar-refractivity contribution in [2.45, 2.75) is 18.3 Å². The van der Waals surface area contributed by atoms with Gasteiger partial charge in [0.15, 0.2) is 5.76 Å². The Bertz CT molecular complexity index is 166. The monoisotopic (exact) mass is 162 g/mol. The highest BCUT2D eigenvalue weighted by atomic mass is 16.5. The van der Waals surface area contributed by atoms with Crippen molar-refractivity contribution in [1.29, 1.82) is 0 Å². The third-order valence-electron chi connectivity index (χ3n) is 1.55. The molecule has 3 atom stereocenters. The van der Waals surface area contributed by atoms with Crippen LogP contribution in [0.15, 0.2) is 12.0 Å². The fraction of sp³-hybridized carbons (Fsp3) is 0.667. The van der Waals surface area contributed by atoms with Crippen molar-refractivity contribution < 1.29 is 25.2 Å². The minimum absolute atomic E-state index is 0.401. The molecule has 0 saturated heterocycles. The topological polar surface area (TPSA) is 90.2 Å². The van der Waals surface area contributed by atoms with Crippen molar-refractivity contribution in [3.63, 3.8) is 0 Å². The number of ether oxygens (including phenoxy) is 1. The molecule has 0 amide bonds. The minimum Gasteiger partial charge on any atom is -0.506 e. The molecule has 0 spiro atoms. The zero-order chi connectivity index (χ0) is 8.43. The van der Waals surface area contributed by atoms with E-state index in [9.17, 15) is 0 Å². The normalized spacial score (nSPS) is 37.7. The van der Waals surface area contributed by atoms with Gasteiger partial charge in [0.1, 0.15) is 24.6 Å². The summed E-state index contributed by atoms with van der Waals surface area (Å²) >= 11 is 0. The Morgan fingerprint density at radius 1 is 1.45 bits per heavy atom. The molecule has 0 saturated carbocycles. The number of rotatable bonds is 1. The first-order valence-corrected chi connectivity index (χ1v) is 3.18. The highest BCUT2D eigenvalue weighted by molar-refractivity contribution is 5.03. The quantitative estimate of drug-likeness (QED) is 0.376. The average molecular weight is 162 g/mol. The first kappa shape index (κ1) is 8.32. The van der Waals surface area contributed by atoms with E-state index < -0.39 is 30.7 Å². The van der Waals surface area contributed by atoms with Gasteiger partial charge in [-0.3, -0.25) is 0 Å². The number of hydrogen-bond acceptors (Lipinski definition) is 5. The third-order valence-corrected chi connectivity index (χ3v) is 1.55. The van der Waals surface area contributed by atoms with Crippen LogP contribution in [0.25, 0.3) is 0 Å². The van der Waals surface area contributed by atoms with Crippen LogP contribution in [-0.2, 0) is 4.74 Å². The van der Waals surface area contributed by atoms with Crippen LogP contribution in [0.5, 0.6) is 0 Å². The molecule has 5 nitrogen and oxygen atoms in total. The highest BCUT2D eigenvalue weighted by Crippen LogP contribution is 2.16. The molecule has 0 aromatic heterocycles. The van der Waals surface area contributed by atoms with Gasteiger partial charge in [0.05, 0.1) is 6.61 Å². The van der Waals surface area contributed by atoms with Gasteiger partial charge in [-0.1, -0.05) is 0 Å². The van der Waals surface area contributed by atoms with E-state index in [0.717, 1.165) is 6.26 Å². The lowest BCUT2D eigenvalue weighted by Gasteiger charge is -2.28. The number of aliphatic hydroxyl groups is 4. The van der Waals surface area contributed by atoms with Crippen molar-refractivity contribution in [3.8, 4) is 0 Å². The standard InChI is InChI=1S/C6H10O5/c7-1-4-6(10)5(9)3(8)2-11-4/h2,4-10H,1H2/t4?,5?,6-/m1/s1. The second-order valence-corrected chi connectivity index (χ2v) is 2.34. The zero-order valence-electron chi connectivity index (χ0n) is 5.71. The molecule has 0 fully saturated rings. The molecule has 1 aliphatic rings.